The monoisotopic (exact) mass is 181 g/mol. The van der Waals surface area contributed by atoms with E-state index < -0.39 is 0 Å². The van der Waals surface area contributed by atoms with Crippen molar-refractivity contribution in [2.24, 2.45) is 5.92 Å². The summed E-state index contributed by atoms with van der Waals surface area (Å²) in [5, 5.41) is 12.1. The Balaban J connectivity index is 2.46. The molecule has 1 heterocycles. The Bertz CT molecular complexity index is 185. The molecule has 1 rings (SSSR count). The third-order valence-electron chi connectivity index (χ3n) is 2.59. The van der Waals surface area contributed by atoms with Gasteiger partial charge in [0.05, 0.1) is 12.5 Å². The number of nitriles is 1. The van der Waals surface area contributed by atoms with Gasteiger partial charge in [-0.25, -0.2) is 0 Å². The van der Waals surface area contributed by atoms with Crippen molar-refractivity contribution in [1.82, 2.24) is 10.2 Å². The average molecular weight is 181 g/mol. The van der Waals surface area contributed by atoms with Gasteiger partial charge in [-0.2, -0.15) is 5.26 Å². The molecule has 0 aliphatic carbocycles. The van der Waals surface area contributed by atoms with Crippen LogP contribution in [0.1, 0.15) is 20.3 Å². The molecule has 3 nitrogen and oxygen atoms in total. The second-order valence-electron chi connectivity index (χ2n) is 3.92. The molecule has 1 aliphatic rings. The van der Waals surface area contributed by atoms with E-state index >= 15 is 0 Å². The Labute approximate surface area is 80.7 Å². The quantitative estimate of drug-likeness (QED) is 0.686. The Morgan fingerprint density at radius 1 is 1.54 bits per heavy atom. The van der Waals surface area contributed by atoms with Gasteiger partial charge in [-0.05, 0) is 19.0 Å². The van der Waals surface area contributed by atoms with Gasteiger partial charge in [-0.1, -0.05) is 13.8 Å². The molecule has 2 atom stereocenters. The SMILES string of the molecule is CCN1CC(C)CNC(CC#N)C1. The molecule has 0 aromatic carbocycles. The van der Waals surface area contributed by atoms with Crippen LogP contribution in [0.15, 0.2) is 0 Å². The van der Waals surface area contributed by atoms with E-state index in [0.717, 1.165) is 26.2 Å². The topological polar surface area (TPSA) is 39.1 Å². The number of nitrogens with zero attached hydrogens (tertiary/aromatic N) is 2. The molecule has 0 spiro atoms. The van der Waals surface area contributed by atoms with Crippen molar-refractivity contribution < 1.29 is 0 Å². The lowest BCUT2D eigenvalue weighted by Crippen LogP contribution is -2.37. The van der Waals surface area contributed by atoms with Gasteiger partial charge in [0, 0.05) is 19.1 Å². The van der Waals surface area contributed by atoms with Crippen LogP contribution in [0.25, 0.3) is 0 Å². The molecular formula is C10H19N3. The number of rotatable bonds is 2. The van der Waals surface area contributed by atoms with Crippen LogP contribution in [0.5, 0.6) is 0 Å². The summed E-state index contributed by atoms with van der Waals surface area (Å²) in [5.41, 5.74) is 0. The van der Waals surface area contributed by atoms with E-state index in [1.807, 2.05) is 0 Å². The highest BCUT2D eigenvalue weighted by atomic mass is 15.2. The van der Waals surface area contributed by atoms with Gasteiger partial charge in [0.1, 0.15) is 0 Å². The van der Waals surface area contributed by atoms with Gasteiger partial charge in [0.2, 0.25) is 0 Å². The molecule has 3 heteroatoms. The van der Waals surface area contributed by atoms with E-state index in [0.29, 0.717) is 18.4 Å². The maximum absolute atomic E-state index is 8.63. The molecule has 0 amide bonds. The fourth-order valence-electron chi connectivity index (χ4n) is 1.83. The van der Waals surface area contributed by atoms with Gasteiger partial charge in [0.15, 0.2) is 0 Å². The molecule has 13 heavy (non-hydrogen) atoms. The normalized spacial score (nSPS) is 30.8. The molecule has 1 fully saturated rings. The van der Waals surface area contributed by atoms with Gasteiger partial charge < -0.3 is 10.2 Å². The molecule has 0 bridgehead atoms. The zero-order valence-electron chi connectivity index (χ0n) is 8.58. The minimum atomic E-state index is 0.370. The smallest absolute Gasteiger partial charge is 0.0638 e. The van der Waals surface area contributed by atoms with Crippen molar-refractivity contribution in [3.05, 3.63) is 0 Å². The molecule has 2 unspecified atom stereocenters. The van der Waals surface area contributed by atoms with Gasteiger partial charge in [-0.15, -0.1) is 0 Å². The maximum Gasteiger partial charge on any atom is 0.0638 e. The first-order valence-corrected chi connectivity index (χ1v) is 5.09. The van der Waals surface area contributed by atoms with E-state index in [1.165, 1.54) is 0 Å². The second-order valence-corrected chi connectivity index (χ2v) is 3.92. The van der Waals surface area contributed by atoms with E-state index in [1.54, 1.807) is 0 Å². The zero-order valence-corrected chi connectivity index (χ0v) is 8.58. The van der Waals surface area contributed by atoms with Crippen LogP contribution >= 0.6 is 0 Å². The molecule has 1 aliphatic heterocycles. The molecule has 1 saturated heterocycles. The van der Waals surface area contributed by atoms with Gasteiger partial charge in [-0.3, -0.25) is 0 Å². The summed E-state index contributed by atoms with van der Waals surface area (Å²) in [6.45, 7) is 8.75. The van der Waals surface area contributed by atoms with E-state index in [9.17, 15) is 0 Å². The van der Waals surface area contributed by atoms with Crippen LogP contribution in [0.4, 0.5) is 0 Å². The molecule has 0 aromatic rings. The number of likely N-dealkylation sites (N-methyl/N-ethyl adjacent to an activating group) is 1. The summed E-state index contributed by atoms with van der Waals surface area (Å²) in [6, 6.07) is 2.61. The fourth-order valence-corrected chi connectivity index (χ4v) is 1.83. The minimum Gasteiger partial charge on any atom is -0.311 e. The summed E-state index contributed by atoms with van der Waals surface area (Å²) in [5.74, 6) is 0.698. The standard InChI is InChI=1S/C10H19N3/c1-3-13-7-9(2)6-12-10(8-13)4-5-11/h9-10,12H,3-4,6-8H2,1-2H3. The first-order valence-electron chi connectivity index (χ1n) is 5.09. The van der Waals surface area contributed by atoms with Crippen molar-refractivity contribution >= 4 is 0 Å². The number of hydrogen-bond donors (Lipinski definition) is 1. The third-order valence-corrected chi connectivity index (χ3v) is 2.59. The van der Waals surface area contributed by atoms with Gasteiger partial charge in [0.25, 0.3) is 0 Å². The highest BCUT2D eigenvalue weighted by Gasteiger charge is 2.19. The van der Waals surface area contributed by atoms with Crippen LogP contribution in [0, 0.1) is 17.2 Å². The summed E-state index contributed by atoms with van der Waals surface area (Å²) >= 11 is 0. The largest absolute Gasteiger partial charge is 0.311 e. The van der Waals surface area contributed by atoms with E-state index in [-0.39, 0.29) is 0 Å². The molecular weight excluding hydrogens is 162 g/mol. The van der Waals surface area contributed by atoms with Crippen molar-refractivity contribution in [3.63, 3.8) is 0 Å². The summed E-state index contributed by atoms with van der Waals surface area (Å²) in [7, 11) is 0. The molecule has 0 radical (unpaired) electrons. The molecule has 0 aromatic heterocycles. The summed E-state index contributed by atoms with van der Waals surface area (Å²) < 4.78 is 0. The lowest BCUT2D eigenvalue weighted by molar-refractivity contribution is 0.261. The zero-order chi connectivity index (χ0) is 9.68. The first-order chi connectivity index (χ1) is 6.26. The highest BCUT2D eigenvalue weighted by molar-refractivity contribution is 4.86. The Hall–Kier alpha value is -0.590. The molecule has 74 valence electrons. The van der Waals surface area contributed by atoms with E-state index in [4.69, 9.17) is 5.26 Å². The predicted octanol–water partition coefficient (Wildman–Crippen LogP) is 0.830. The van der Waals surface area contributed by atoms with Crippen molar-refractivity contribution in [1.29, 1.82) is 5.26 Å². The second kappa shape index (κ2) is 5.21. The Kier molecular flexibility index (Phi) is 4.20. The van der Waals surface area contributed by atoms with Crippen LogP contribution in [0.2, 0.25) is 0 Å². The summed E-state index contributed by atoms with van der Waals surface area (Å²) in [6.07, 6.45) is 0.628. The maximum atomic E-state index is 8.63. The lowest BCUT2D eigenvalue weighted by Gasteiger charge is -2.21. The molecule has 1 N–H and O–H groups in total. The van der Waals surface area contributed by atoms with Crippen LogP contribution in [-0.2, 0) is 0 Å². The van der Waals surface area contributed by atoms with Crippen molar-refractivity contribution in [3.8, 4) is 6.07 Å². The first kappa shape index (κ1) is 10.5. The minimum absolute atomic E-state index is 0.370. The lowest BCUT2D eigenvalue weighted by atomic mass is 10.2. The van der Waals surface area contributed by atoms with Crippen molar-refractivity contribution in [2.45, 2.75) is 26.3 Å². The van der Waals surface area contributed by atoms with Crippen LogP contribution in [0.3, 0.4) is 0 Å². The fraction of sp³-hybridized carbons (Fsp3) is 0.900. The van der Waals surface area contributed by atoms with E-state index in [2.05, 4.69) is 30.1 Å². The van der Waals surface area contributed by atoms with Crippen molar-refractivity contribution in [2.75, 3.05) is 26.2 Å². The van der Waals surface area contributed by atoms with Crippen LogP contribution < -0.4 is 5.32 Å². The highest BCUT2D eigenvalue weighted by Crippen LogP contribution is 2.07. The third kappa shape index (κ3) is 3.33. The predicted molar refractivity (Wildman–Crippen MR) is 53.3 cm³/mol. The Morgan fingerprint density at radius 3 is 2.92 bits per heavy atom. The molecule has 0 saturated carbocycles. The summed E-state index contributed by atoms with van der Waals surface area (Å²) in [4.78, 5) is 2.42. The van der Waals surface area contributed by atoms with Gasteiger partial charge >= 0.3 is 0 Å². The van der Waals surface area contributed by atoms with Crippen LogP contribution in [-0.4, -0.2) is 37.1 Å². The number of hydrogen-bond acceptors (Lipinski definition) is 3. The number of nitrogens with one attached hydrogen (secondary N) is 1. The average Bonchev–Trinajstić information content (AvgIpc) is 2.29. The Morgan fingerprint density at radius 2 is 2.31 bits per heavy atom.